The first kappa shape index (κ1) is 20.7. The summed E-state index contributed by atoms with van der Waals surface area (Å²) in [6, 6.07) is 18.9. The van der Waals surface area contributed by atoms with Crippen LogP contribution in [0.4, 0.5) is 5.69 Å². The molecule has 0 fully saturated rings. The number of para-hydroxylation sites is 1. The summed E-state index contributed by atoms with van der Waals surface area (Å²) in [5.41, 5.74) is 3.33. The largest absolute Gasteiger partial charge is 0.469 e. The predicted octanol–water partition coefficient (Wildman–Crippen LogP) is 5.58. The van der Waals surface area contributed by atoms with Gasteiger partial charge in [-0.3, -0.25) is 9.36 Å². The molecule has 7 heteroatoms. The molecule has 2 aromatic heterocycles. The van der Waals surface area contributed by atoms with Crippen LogP contribution in [-0.4, -0.2) is 20.7 Å². The van der Waals surface area contributed by atoms with E-state index in [0.29, 0.717) is 17.9 Å². The first-order valence-corrected chi connectivity index (χ1v) is 10.8. The third-order valence-corrected chi connectivity index (χ3v) is 5.75. The van der Waals surface area contributed by atoms with Crippen molar-refractivity contribution in [2.24, 2.45) is 0 Å². The molecule has 0 aliphatic carbocycles. The fourth-order valence-corrected chi connectivity index (χ4v) is 4.07. The van der Waals surface area contributed by atoms with E-state index in [0.717, 1.165) is 33.6 Å². The Hall–Kier alpha value is -3.58. The van der Waals surface area contributed by atoms with Crippen LogP contribution in [0.5, 0.6) is 0 Å². The molecule has 4 aromatic rings. The van der Waals surface area contributed by atoms with Gasteiger partial charge in [0, 0.05) is 23.5 Å². The van der Waals surface area contributed by atoms with Crippen molar-refractivity contribution in [2.75, 3.05) is 5.32 Å². The minimum absolute atomic E-state index is 0.134. The molecule has 156 valence electrons. The van der Waals surface area contributed by atoms with E-state index in [9.17, 15) is 4.79 Å². The van der Waals surface area contributed by atoms with Crippen molar-refractivity contribution in [2.45, 2.75) is 24.4 Å². The number of benzene rings is 2. The van der Waals surface area contributed by atoms with Gasteiger partial charge in [0.25, 0.3) is 5.91 Å². The maximum absolute atomic E-state index is 12.6. The Kier molecular flexibility index (Phi) is 6.33. The van der Waals surface area contributed by atoms with Crippen LogP contribution in [0, 0.1) is 6.92 Å². The SMILES string of the molecule is C=CCn1c(SCc2cccc(C(=O)Nc3ccccc3)c2)nnc1-c1ccoc1C. The minimum Gasteiger partial charge on any atom is -0.469 e. The van der Waals surface area contributed by atoms with Gasteiger partial charge in [-0.25, -0.2) is 0 Å². The first-order chi connectivity index (χ1) is 15.2. The van der Waals surface area contributed by atoms with Crippen LogP contribution in [0.1, 0.15) is 21.7 Å². The molecular formula is C24H22N4O2S. The third kappa shape index (κ3) is 4.78. The summed E-state index contributed by atoms with van der Waals surface area (Å²) in [6.45, 7) is 6.35. The highest BCUT2D eigenvalue weighted by atomic mass is 32.2. The number of rotatable bonds is 8. The van der Waals surface area contributed by atoms with Crippen molar-refractivity contribution in [3.05, 3.63) is 96.5 Å². The predicted molar refractivity (Wildman–Crippen MR) is 123 cm³/mol. The summed E-state index contributed by atoms with van der Waals surface area (Å²) in [4.78, 5) is 12.6. The number of thioether (sulfide) groups is 1. The van der Waals surface area contributed by atoms with Crippen molar-refractivity contribution in [3.8, 4) is 11.4 Å². The molecule has 6 nitrogen and oxygen atoms in total. The number of nitrogens with zero attached hydrogens (tertiary/aromatic N) is 3. The fourth-order valence-electron chi connectivity index (χ4n) is 3.18. The van der Waals surface area contributed by atoms with Crippen molar-refractivity contribution < 1.29 is 9.21 Å². The van der Waals surface area contributed by atoms with Gasteiger partial charge >= 0.3 is 0 Å². The number of hydrogen-bond donors (Lipinski definition) is 1. The molecule has 0 saturated carbocycles. The highest BCUT2D eigenvalue weighted by Gasteiger charge is 2.17. The number of aromatic nitrogens is 3. The molecule has 2 aromatic carbocycles. The number of amides is 1. The highest BCUT2D eigenvalue weighted by Crippen LogP contribution is 2.29. The molecule has 0 bridgehead atoms. The molecule has 0 unspecified atom stereocenters. The Morgan fingerprint density at radius 2 is 2.00 bits per heavy atom. The number of hydrogen-bond acceptors (Lipinski definition) is 5. The van der Waals surface area contributed by atoms with Gasteiger partial charge in [-0.1, -0.05) is 48.2 Å². The monoisotopic (exact) mass is 430 g/mol. The molecule has 0 aliphatic rings. The normalized spacial score (nSPS) is 10.7. The maximum Gasteiger partial charge on any atom is 0.255 e. The first-order valence-electron chi connectivity index (χ1n) is 9.82. The van der Waals surface area contributed by atoms with Gasteiger partial charge in [0.05, 0.1) is 11.8 Å². The van der Waals surface area contributed by atoms with Gasteiger partial charge in [0.1, 0.15) is 5.76 Å². The number of carbonyl (C=O) groups excluding carboxylic acids is 1. The van der Waals surface area contributed by atoms with Gasteiger partial charge in [0.2, 0.25) is 0 Å². The average molecular weight is 431 g/mol. The zero-order valence-electron chi connectivity index (χ0n) is 17.1. The Balaban J connectivity index is 1.49. The lowest BCUT2D eigenvalue weighted by Gasteiger charge is -2.09. The second-order valence-corrected chi connectivity index (χ2v) is 7.85. The highest BCUT2D eigenvalue weighted by molar-refractivity contribution is 7.98. The van der Waals surface area contributed by atoms with Crippen molar-refractivity contribution in [1.29, 1.82) is 0 Å². The molecule has 4 rings (SSSR count). The standard InChI is InChI=1S/C24H22N4O2S/c1-3-13-28-22(21-12-14-30-17(21)2)26-27-24(28)31-16-18-8-7-9-19(15-18)23(29)25-20-10-5-4-6-11-20/h3-12,14-15H,1,13,16H2,2H3,(H,25,29). The van der Waals surface area contributed by atoms with Gasteiger partial charge in [-0.15, -0.1) is 16.8 Å². The van der Waals surface area contributed by atoms with Crippen molar-refractivity contribution in [1.82, 2.24) is 14.8 Å². The summed E-state index contributed by atoms with van der Waals surface area (Å²) in [6.07, 6.45) is 3.47. The van der Waals surface area contributed by atoms with E-state index in [1.165, 1.54) is 0 Å². The maximum atomic E-state index is 12.6. The van der Waals surface area contributed by atoms with Crippen LogP contribution < -0.4 is 5.32 Å². The summed E-state index contributed by atoms with van der Waals surface area (Å²) >= 11 is 1.57. The van der Waals surface area contributed by atoms with Crippen molar-refractivity contribution in [3.63, 3.8) is 0 Å². The molecule has 0 aliphatic heterocycles. The number of anilines is 1. The zero-order valence-corrected chi connectivity index (χ0v) is 17.9. The van der Waals surface area contributed by atoms with Gasteiger partial charge < -0.3 is 9.73 Å². The Labute approximate surface area is 185 Å². The second-order valence-electron chi connectivity index (χ2n) is 6.91. The molecule has 0 atom stereocenters. The summed E-state index contributed by atoms with van der Waals surface area (Å²) in [5.74, 6) is 2.08. The molecule has 0 saturated heterocycles. The number of furan rings is 1. The minimum atomic E-state index is -0.134. The molecule has 2 heterocycles. The lowest BCUT2D eigenvalue weighted by molar-refractivity contribution is 0.102. The quantitative estimate of drug-likeness (QED) is 0.292. The van der Waals surface area contributed by atoms with E-state index in [-0.39, 0.29) is 5.91 Å². The Bertz CT molecular complexity index is 1200. The lowest BCUT2D eigenvalue weighted by atomic mass is 10.1. The Morgan fingerprint density at radius 1 is 1.16 bits per heavy atom. The van der Waals surface area contributed by atoms with Crippen LogP contribution in [0.25, 0.3) is 11.4 Å². The molecule has 31 heavy (non-hydrogen) atoms. The number of nitrogens with one attached hydrogen (secondary N) is 1. The van der Waals surface area contributed by atoms with Crippen LogP contribution in [0.15, 0.2) is 89.2 Å². The molecule has 0 radical (unpaired) electrons. The van der Waals surface area contributed by atoms with E-state index in [1.807, 2.05) is 78.2 Å². The second kappa shape index (κ2) is 9.49. The molecule has 0 spiro atoms. The van der Waals surface area contributed by atoms with E-state index >= 15 is 0 Å². The Morgan fingerprint density at radius 3 is 2.74 bits per heavy atom. The lowest BCUT2D eigenvalue weighted by Crippen LogP contribution is -2.11. The van der Waals surface area contributed by atoms with Gasteiger partial charge in [-0.05, 0) is 42.8 Å². The number of aryl methyl sites for hydroxylation is 1. The average Bonchev–Trinajstić information content (AvgIpc) is 3.39. The van der Waals surface area contributed by atoms with Gasteiger partial charge in [-0.2, -0.15) is 0 Å². The van der Waals surface area contributed by atoms with Crippen LogP contribution >= 0.6 is 11.8 Å². The zero-order chi connectivity index (χ0) is 21.6. The van der Waals surface area contributed by atoms with Gasteiger partial charge in [0.15, 0.2) is 11.0 Å². The fraction of sp³-hybridized carbons (Fsp3) is 0.125. The summed E-state index contributed by atoms with van der Waals surface area (Å²) in [7, 11) is 0. The van der Waals surface area contributed by atoms with Crippen molar-refractivity contribution >= 4 is 23.4 Å². The van der Waals surface area contributed by atoms with Crippen LogP contribution in [0.2, 0.25) is 0 Å². The van der Waals surface area contributed by atoms with E-state index < -0.39 is 0 Å². The molecular weight excluding hydrogens is 408 g/mol. The van der Waals surface area contributed by atoms with E-state index in [1.54, 1.807) is 18.0 Å². The molecule has 1 N–H and O–H groups in total. The topological polar surface area (TPSA) is 73.0 Å². The third-order valence-electron chi connectivity index (χ3n) is 4.72. The number of allylic oxidation sites excluding steroid dienone is 1. The summed E-state index contributed by atoms with van der Waals surface area (Å²) in [5, 5.41) is 12.4. The molecule has 1 amide bonds. The van der Waals surface area contributed by atoms with E-state index in [2.05, 4.69) is 22.1 Å². The number of carbonyl (C=O) groups is 1. The van der Waals surface area contributed by atoms with Crippen LogP contribution in [0.3, 0.4) is 0 Å². The van der Waals surface area contributed by atoms with E-state index in [4.69, 9.17) is 4.42 Å². The van der Waals surface area contributed by atoms with Crippen LogP contribution in [-0.2, 0) is 12.3 Å². The summed E-state index contributed by atoms with van der Waals surface area (Å²) < 4.78 is 7.43. The smallest absolute Gasteiger partial charge is 0.255 e.